The molecule has 0 fully saturated rings. The maximum absolute atomic E-state index is 6.28. The Bertz CT molecular complexity index is 1170. The number of benzene rings is 3. The van der Waals surface area contributed by atoms with E-state index in [-0.39, 0.29) is 12.4 Å². The van der Waals surface area contributed by atoms with Crippen LogP contribution in [0.3, 0.4) is 0 Å². The van der Waals surface area contributed by atoms with E-state index in [1.54, 1.807) is 19.2 Å². The fourth-order valence-corrected chi connectivity index (χ4v) is 3.42. The molecule has 4 aromatic rings. The third-order valence-corrected chi connectivity index (χ3v) is 5.08. The molecule has 5 nitrogen and oxygen atoms in total. The summed E-state index contributed by atoms with van der Waals surface area (Å²) >= 11 is 12.5. The van der Waals surface area contributed by atoms with Gasteiger partial charge in [-0.25, -0.2) is 4.98 Å². The molecule has 0 atom stereocenters. The topological polar surface area (TPSA) is 59.1 Å². The van der Waals surface area contributed by atoms with E-state index in [0.717, 1.165) is 28.0 Å². The monoisotopic (exact) mass is 460 g/mol. The van der Waals surface area contributed by atoms with Gasteiger partial charge < -0.3 is 15.4 Å². The van der Waals surface area contributed by atoms with Gasteiger partial charge in [-0.05, 0) is 42.0 Å². The molecule has 0 saturated carbocycles. The molecule has 0 aliphatic heterocycles. The standard InChI is InChI=1S/C22H18Cl2N4O.ClH/c1-29-20-11-10-15(12-18(20)24)26-22-27-19-9-5-3-7-16(19)21(28-22)25-13-14-6-2-4-8-17(14)23;/h2-12H,13H2,1H3,(H2,25,26,27,28);1H. The number of methoxy groups -OCH3 is 1. The lowest BCUT2D eigenvalue weighted by atomic mass is 10.2. The first-order chi connectivity index (χ1) is 14.1. The number of hydrogen-bond acceptors (Lipinski definition) is 5. The van der Waals surface area contributed by atoms with E-state index < -0.39 is 0 Å². The molecule has 0 radical (unpaired) electrons. The van der Waals surface area contributed by atoms with E-state index in [0.29, 0.717) is 28.3 Å². The second-order valence-electron chi connectivity index (χ2n) is 6.33. The minimum atomic E-state index is 0. The van der Waals surface area contributed by atoms with Crippen LogP contribution in [-0.4, -0.2) is 17.1 Å². The number of aromatic nitrogens is 2. The molecule has 4 rings (SSSR count). The van der Waals surface area contributed by atoms with Crippen LogP contribution < -0.4 is 15.4 Å². The van der Waals surface area contributed by atoms with Gasteiger partial charge in [-0.2, -0.15) is 4.98 Å². The Kier molecular flexibility index (Phi) is 7.21. The second-order valence-corrected chi connectivity index (χ2v) is 7.15. The van der Waals surface area contributed by atoms with Crippen molar-refractivity contribution in [3.63, 3.8) is 0 Å². The molecule has 0 saturated heterocycles. The van der Waals surface area contributed by atoms with Crippen LogP contribution in [0.15, 0.2) is 66.7 Å². The first-order valence-electron chi connectivity index (χ1n) is 8.98. The molecule has 0 aliphatic carbocycles. The highest BCUT2D eigenvalue weighted by Gasteiger charge is 2.10. The highest BCUT2D eigenvalue weighted by Crippen LogP contribution is 2.29. The zero-order chi connectivity index (χ0) is 20.2. The van der Waals surface area contributed by atoms with Gasteiger partial charge in [0.2, 0.25) is 5.95 Å². The van der Waals surface area contributed by atoms with Crippen LogP contribution in [0.4, 0.5) is 17.5 Å². The first kappa shape index (κ1) is 22.0. The minimum absolute atomic E-state index is 0. The molecular formula is C22H19Cl3N4O. The van der Waals surface area contributed by atoms with Crippen molar-refractivity contribution in [2.45, 2.75) is 6.54 Å². The molecule has 1 heterocycles. The van der Waals surface area contributed by atoms with Crippen LogP contribution >= 0.6 is 35.6 Å². The fraction of sp³-hybridized carbons (Fsp3) is 0.0909. The summed E-state index contributed by atoms with van der Waals surface area (Å²) in [5.74, 6) is 1.79. The molecule has 30 heavy (non-hydrogen) atoms. The summed E-state index contributed by atoms with van der Waals surface area (Å²) in [6.07, 6.45) is 0. The Morgan fingerprint density at radius 2 is 1.67 bits per heavy atom. The molecule has 8 heteroatoms. The van der Waals surface area contributed by atoms with E-state index in [4.69, 9.17) is 27.9 Å². The van der Waals surface area contributed by atoms with Crippen LogP contribution in [0, 0.1) is 0 Å². The van der Waals surface area contributed by atoms with Gasteiger partial charge in [-0.3, -0.25) is 0 Å². The maximum Gasteiger partial charge on any atom is 0.229 e. The van der Waals surface area contributed by atoms with E-state index in [1.165, 1.54) is 0 Å². The molecule has 0 bridgehead atoms. The zero-order valence-electron chi connectivity index (χ0n) is 16.0. The summed E-state index contributed by atoms with van der Waals surface area (Å²) in [5, 5.41) is 8.74. The summed E-state index contributed by atoms with van der Waals surface area (Å²) in [5.41, 5.74) is 2.59. The van der Waals surface area contributed by atoms with Crippen LogP contribution in [-0.2, 0) is 6.54 Å². The highest BCUT2D eigenvalue weighted by atomic mass is 35.5. The number of rotatable bonds is 6. The summed E-state index contributed by atoms with van der Waals surface area (Å²) < 4.78 is 5.20. The summed E-state index contributed by atoms with van der Waals surface area (Å²) in [6, 6.07) is 21.0. The lowest BCUT2D eigenvalue weighted by molar-refractivity contribution is 0.415. The van der Waals surface area contributed by atoms with Gasteiger partial charge in [-0.1, -0.05) is 53.5 Å². The Labute approximate surface area is 190 Å². The van der Waals surface area contributed by atoms with Gasteiger partial charge in [0.15, 0.2) is 0 Å². The van der Waals surface area contributed by atoms with E-state index in [9.17, 15) is 0 Å². The SMILES string of the molecule is COc1ccc(Nc2nc(NCc3ccccc3Cl)c3ccccc3n2)cc1Cl.Cl. The Balaban J connectivity index is 0.00000256. The molecular weight excluding hydrogens is 443 g/mol. The van der Waals surface area contributed by atoms with E-state index in [2.05, 4.69) is 20.6 Å². The smallest absolute Gasteiger partial charge is 0.229 e. The predicted molar refractivity (Wildman–Crippen MR) is 127 cm³/mol. The Morgan fingerprint density at radius 3 is 2.43 bits per heavy atom. The number of halogens is 3. The van der Waals surface area contributed by atoms with Crippen molar-refractivity contribution in [3.8, 4) is 5.75 Å². The normalized spacial score (nSPS) is 10.4. The number of fused-ring (bicyclic) bond motifs is 1. The average molecular weight is 462 g/mol. The molecule has 154 valence electrons. The van der Waals surface area contributed by atoms with Crippen LogP contribution in [0.2, 0.25) is 10.0 Å². The molecule has 3 aromatic carbocycles. The molecule has 0 amide bonds. The van der Waals surface area contributed by atoms with Crippen molar-refractivity contribution in [2.75, 3.05) is 17.7 Å². The van der Waals surface area contributed by atoms with Crippen molar-refractivity contribution in [3.05, 3.63) is 82.3 Å². The van der Waals surface area contributed by atoms with E-state index >= 15 is 0 Å². The summed E-state index contributed by atoms with van der Waals surface area (Å²) in [6.45, 7) is 0.550. The van der Waals surface area contributed by atoms with Gasteiger partial charge in [0.25, 0.3) is 0 Å². The number of nitrogens with one attached hydrogen (secondary N) is 2. The second kappa shape index (κ2) is 9.85. The summed E-state index contributed by atoms with van der Waals surface area (Å²) in [7, 11) is 1.58. The first-order valence-corrected chi connectivity index (χ1v) is 9.74. The molecule has 2 N–H and O–H groups in total. The largest absolute Gasteiger partial charge is 0.495 e. The number of anilines is 3. The average Bonchev–Trinajstić information content (AvgIpc) is 2.73. The predicted octanol–water partition coefficient (Wildman–Crippen LogP) is 6.72. The minimum Gasteiger partial charge on any atom is -0.495 e. The fourth-order valence-electron chi connectivity index (χ4n) is 2.96. The van der Waals surface area contributed by atoms with Crippen molar-refractivity contribution >= 4 is 64.0 Å². The van der Waals surface area contributed by atoms with Crippen LogP contribution in [0.5, 0.6) is 5.75 Å². The molecule has 1 aromatic heterocycles. The van der Waals surface area contributed by atoms with Gasteiger partial charge in [0.05, 0.1) is 17.6 Å². The lowest BCUT2D eigenvalue weighted by Gasteiger charge is -2.13. The van der Waals surface area contributed by atoms with Gasteiger partial charge in [0.1, 0.15) is 11.6 Å². The molecule has 0 spiro atoms. The van der Waals surface area contributed by atoms with Crippen LogP contribution in [0.1, 0.15) is 5.56 Å². The molecule has 0 aliphatic rings. The third-order valence-electron chi connectivity index (χ3n) is 4.42. The maximum atomic E-state index is 6.28. The van der Waals surface area contributed by atoms with E-state index in [1.807, 2.05) is 54.6 Å². The number of hydrogen-bond donors (Lipinski definition) is 2. The van der Waals surface area contributed by atoms with Crippen LogP contribution in [0.25, 0.3) is 10.9 Å². The highest BCUT2D eigenvalue weighted by molar-refractivity contribution is 6.32. The van der Waals surface area contributed by atoms with Crippen molar-refractivity contribution in [1.82, 2.24) is 9.97 Å². The lowest BCUT2D eigenvalue weighted by Crippen LogP contribution is -2.06. The Hall–Kier alpha value is -2.73. The van der Waals surface area contributed by atoms with Gasteiger partial charge >= 0.3 is 0 Å². The van der Waals surface area contributed by atoms with Crippen molar-refractivity contribution in [2.24, 2.45) is 0 Å². The molecule has 0 unspecified atom stereocenters. The number of nitrogens with zero attached hydrogens (tertiary/aromatic N) is 2. The van der Waals surface area contributed by atoms with Gasteiger partial charge in [-0.15, -0.1) is 12.4 Å². The quantitative estimate of drug-likeness (QED) is 0.334. The Morgan fingerprint density at radius 1 is 0.900 bits per heavy atom. The van der Waals surface area contributed by atoms with Crippen molar-refractivity contribution < 1.29 is 4.74 Å². The number of ether oxygens (including phenoxy) is 1. The summed E-state index contributed by atoms with van der Waals surface area (Å²) in [4.78, 5) is 9.28. The van der Waals surface area contributed by atoms with Gasteiger partial charge in [0, 0.05) is 22.6 Å². The third kappa shape index (κ3) is 4.87. The zero-order valence-corrected chi connectivity index (χ0v) is 18.4. The van der Waals surface area contributed by atoms with Crippen molar-refractivity contribution in [1.29, 1.82) is 0 Å². The number of para-hydroxylation sites is 1.